The van der Waals surface area contributed by atoms with Crippen molar-refractivity contribution in [3.8, 4) is 0 Å². The van der Waals surface area contributed by atoms with E-state index in [1.165, 1.54) is 0 Å². The number of benzene rings is 2. The zero-order valence-corrected chi connectivity index (χ0v) is 17.0. The van der Waals surface area contributed by atoms with Gasteiger partial charge in [0.25, 0.3) is 10.0 Å². The first-order valence-corrected chi connectivity index (χ1v) is 11.3. The van der Waals surface area contributed by atoms with Crippen molar-refractivity contribution in [2.24, 2.45) is 10.3 Å². The van der Waals surface area contributed by atoms with Crippen LogP contribution in [0.4, 0.5) is 0 Å². The summed E-state index contributed by atoms with van der Waals surface area (Å²) in [5.74, 6) is 0.611. The minimum atomic E-state index is -3.64. The molecule has 2 aromatic carbocycles. The van der Waals surface area contributed by atoms with E-state index in [4.69, 9.17) is 9.15 Å². The van der Waals surface area contributed by atoms with Gasteiger partial charge in [-0.05, 0) is 37.1 Å². The molecule has 0 atom stereocenters. The third kappa shape index (κ3) is 3.37. The predicted octanol–water partition coefficient (Wildman–Crippen LogP) is 3.34. The number of para-hydroxylation sites is 1. The summed E-state index contributed by atoms with van der Waals surface area (Å²) in [4.78, 5) is 14.7. The Kier molecular flexibility index (Phi) is 4.58. The molecule has 3 heterocycles. The second-order valence-electron chi connectivity index (χ2n) is 7.51. The molecule has 1 fully saturated rings. The third-order valence-corrected chi connectivity index (χ3v) is 6.90. The van der Waals surface area contributed by atoms with E-state index in [0.29, 0.717) is 43.1 Å². The van der Waals surface area contributed by atoms with Crippen molar-refractivity contribution < 1.29 is 22.4 Å². The summed E-state index contributed by atoms with van der Waals surface area (Å²) in [5.41, 5.74) is 1.40. The smallest absolute Gasteiger partial charge is 0.309 e. The first kappa shape index (κ1) is 18.9. The number of likely N-dealkylation sites (tertiary alicyclic amines) is 1. The van der Waals surface area contributed by atoms with Gasteiger partial charge in [0.2, 0.25) is 0 Å². The highest BCUT2D eigenvalue weighted by Gasteiger charge is 2.34. The van der Waals surface area contributed by atoms with E-state index in [1.54, 1.807) is 24.3 Å². The average molecular weight is 424 g/mol. The van der Waals surface area contributed by atoms with Crippen LogP contribution in [0.5, 0.6) is 0 Å². The Hall–Kier alpha value is -3.13. The molecule has 8 heteroatoms. The number of carbonyl (C=O) groups excluding carboxylic acids is 1. The number of nitrogens with zero attached hydrogens (tertiary/aromatic N) is 2. The van der Waals surface area contributed by atoms with Gasteiger partial charge in [0.05, 0.1) is 5.92 Å². The lowest BCUT2D eigenvalue weighted by Gasteiger charge is -2.32. The van der Waals surface area contributed by atoms with Crippen LogP contribution in [0, 0.1) is 5.92 Å². The maximum atomic E-state index is 12.5. The first-order chi connectivity index (χ1) is 14.5. The van der Waals surface area contributed by atoms with Gasteiger partial charge < -0.3 is 14.1 Å². The maximum absolute atomic E-state index is 12.5. The normalized spacial score (nSPS) is 18.3. The van der Waals surface area contributed by atoms with Crippen molar-refractivity contribution in [2.75, 3.05) is 13.1 Å². The molecular formula is C22H20N2O5S. The molecule has 2 aliphatic rings. The largest absolute Gasteiger partial charge is 0.457 e. The molecule has 0 aliphatic carbocycles. The molecule has 5 rings (SSSR count). The van der Waals surface area contributed by atoms with Crippen molar-refractivity contribution in [1.82, 2.24) is 4.90 Å². The zero-order valence-electron chi connectivity index (χ0n) is 16.2. The molecule has 1 aromatic heterocycles. The highest BCUT2D eigenvalue weighted by Crippen LogP contribution is 2.30. The number of ether oxygens (including phenoxy) is 1. The number of hydrogen-bond donors (Lipinski definition) is 0. The van der Waals surface area contributed by atoms with Gasteiger partial charge in [0.1, 0.15) is 22.8 Å². The molecule has 2 aliphatic heterocycles. The van der Waals surface area contributed by atoms with Crippen molar-refractivity contribution >= 4 is 32.8 Å². The summed E-state index contributed by atoms with van der Waals surface area (Å²) in [6.07, 6.45) is 1.17. The molecule has 0 N–H and O–H groups in total. The second-order valence-corrected chi connectivity index (χ2v) is 9.08. The van der Waals surface area contributed by atoms with E-state index in [-0.39, 0.29) is 23.4 Å². The number of fused-ring (bicyclic) bond motifs is 2. The molecule has 0 amide bonds. The Morgan fingerprint density at radius 2 is 1.83 bits per heavy atom. The zero-order chi connectivity index (χ0) is 20.7. The minimum Gasteiger partial charge on any atom is -0.457 e. The van der Waals surface area contributed by atoms with Gasteiger partial charge in [0.15, 0.2) is 5.84 Å². The lowest BCUT2D eigenvalue weighted by atomic mass is 9.96. The molecule has 1 saturated heterocycles. The number of hydrogen-bond acceptors (Lipinski definition) is 6. The predicted molar refractivity (Wildman–Crippen MR) is 110 cm³/mol. The van der Waals surface area contributed by atoms with Crippen LogP contribution in [0.1, 0.15) is 24.2 Å². The Balaban J connectivity index is 1.20. The number of amidine groups is 1. The average Bonchev–Trinajstić information content (AvgIpc) is 3.30. The van der Waals surface area contributed by atoms with Gasteiger partial charge >= 0.3 is 5.97 Å². The van der Waals surface area contributed by atoms with E-state index in [2.05, 4.69) is 4.40 Å². The highest BCUT2D eigenvalue weighted by molar-refractivity contribution is 7.90. The van der Waals surface area contributed by atoms with Crippen LogP contribution in [0.2, 0.25) is 0 Å². The van der Waals surface area contributed by atoms with Gasteiger partial charge in [-0.2, -0.15) is 8.42 Å². The molecule has 154 valence electrons. The topological polar surface area (TPSA) is 89.2 Å². The first-order valence-electron chi connectivity index (χ1n) is 9.85. The van der Waals surface area contributed by atoms with E-state index in [1.807, 2.05) is 35.2 Å². The highest BCUT2D eigenvalue weighted by atomic mass is 32.2. The van der Waals surface area contributed by atoms with E-state index >= 15 is 0 Å². The summed E-state index contributed by atoms with van der Waals surface area (Å²) in [7, 11) is -3.64. The van der Waals surface area contributed by atoms with Crippen molar-refractivity contribution in [1.29, 1.82) is 0 Å². The van der Waals surface area contributed by atoms with E-state index in [0.717, 1.165) is 11.0 Å². The number of furan rings is 1. The summed E-state index contributed by atoms with van der Waals surface area (Å²) in [6, 6.07) is 16.4. The van der Waals surface area contributed by atoms with Crippen molar-refractivity contribution in [3.63, 3.8) is 0 Å². The summed E-state index contributed by atoms with van der Waals surface area (Å²) in [5, 5.41) is 0.976. The molecule has 0 radical (unpaired) electrons. The van der Waals surface area contributed by atoms with Crippen LogP contribution in [0.15, 0.2) is 68.3 Å². The number of rotatable bonds is 3. The van der Waals surface area contributed by atoms with Crippen LogP contribution < -0.4 is 0 Å². The van der Waals surface area contributed by atoms with Gasteiger partial charge in [-0.3, -0.25) is 4.79 Å². The Labute approximate surface area is 174 Å². The van der Waals surface area contributed by atoms with Crippen LogP contribution in [-0.4, -0.2) is 38.2 Å². The van der Waals surface area contributed by atoms with Crippen molar-refractivity contribution in [3.05, 3.63) is 65.9 Å². The fraction of sp³-hybridized carbons (Fsp3) is 0.273. The SMILES string of the molecule is O=C(OCc1cc2ccccc2o1)C1CCN(C2=NS(=O)(=O)c3ccccc32)CC1. The number of piperidine rings is 1. The lowest BCUT2D eigenvalue weighted by molar-refractivity contribution is -0.151. The molecular weight excluding hydrogens is 404 g/mol. The molecule has 3 aromatic rings. The van der Waals surface area contributed by atoms with Crippen LogP contribution >= 0.6 is 0 Å². The number of carbonyl (C=O) groups is 1. The van der Waals surface area contributed by atoms with Crippen molar-refractivity contribution in [2.45, 2.75) is 24.3 Å². The van der Waals surface area contributed by atoms with Crippen LogP contribution in [-0.2, 0) is 26.2 Å². The number of esters is 1. The molecule has 0 spiro atoms. The van der Waals surface area contributed by atoms with E-state index < -0.39 is 10.0 Å². The second kappa shape index (κ2) is 7.28. The fourth-order valence-electron chi connectivity index (χ4n) is 4.01. The Morgan fingerprint density at radius 3 is 2.63 bits per heavy atom. The van der Waals surface area contributed by atoms with Crippen LogP contribution in [0.25, 0.3) is 11.0 Å². The quantitative estimate of drug-likeness (QED) is 0.599. The van der Waals surface area contributed by atoms with Gasteiger partial charge in [-0.15, -0.1) is 4.40 Å². The van der Waals surface area contributed by atoms with Gasteiger partial charge in [0, 0.05) is 24.0 Å². The van der Waals surface area contributed by atoms with Gasteiger partial charge in [-0.1, -0.05) is 30.3 Å². The Morgan fingerprint density at radius 1 is 1.10 bits per heavy atom. The third-order valence-electron chi connectivity index (χ3n) is 5.57. The molecule has 30 heavy (non-hydrogen) atoms. The summed E-state index contributed by atoms with van der Waals surface area (Å²) >= 11 is 0. The summed E-state index contributed by atoms with van der Waals surface area (Å²) < 4.78 is 39.7. The molecule has 0 unspecified atom stereocenters. The Bertz CT molecular complexity index is 1220. The standard InChI is InChI=1S/C22H20N2O5S/c25-22(28-14-17-13-16-5-1-3-7-19(16)29-17)15-9-11-24(12-10-15)21-18-6-2-4-8-20(18)30(26,27)23-21/h1-8,13,15H,9-12,14H2. The summed E-state index contributed by atoms with van der Waals surface area (Å²) in [6.45, 7) is 1.20. The molecule has 0 saturated carbocycles. The number of sulfonamides is 1. The monoisotopic (exact) mass is 424 g/mol. The minimum absolute atomic E-state index is 0.103. The lowest BCUT2D eigenvalue weighted by Crippen LogP contribution is -2.40. The van der Waals surface area contributed by atoms with Gasteiger partial charge in [-0.25, -0.2) is 0 Å². The molecule has 0 bridgehead atoms. The van der Waals surface area contributed by atoms with E-state index in [9.17, 15) is 13.2 Å². The molecule has 7 nitrogen and oxygen atoms in total. The maximum Gasteiger partial charge on any atom is 0.309 e. The van der Waals surface area contributed by atoms with Crippen LogP contribution in [0.3, 0.4) is 0 Å². The fourth-order valence-corrected chi connectivity index (χ4v) is 5.24.